The number of anilines is 1. The van der Waals surface area contributed by atoms with Gasteiger partial charge in [0.25, 0.3) is 0 Å². The molecule has 0 spiro atoms. The van der Waals surface area contributed by atoms with Crippen molar-refractivity contribution in [2.24, 2.45) is 5.92 Å². The molecular weight excluding hydrogens is 221 g/mol. The highest BCUT2D eigenvalue weighted by molar-refractivity contribution is 5.91. The SMILES string of the molecule is Cc1c(F)cccc1NC(=O)CC(O)C(C)C. The second kappa shape index (κ2) is 5.77. The molecule has 1 unspecified atom stereocenters. The van der Waals surface area contributed by atoms with Gasteiger partial charge in [-0.2, -0.15) is 0 Å². The molecule has 1 aromatic carbocycles. The molecule has 0 saturated heterocycles. The van der Waals surface area contributed by atoms with E-state index in [0.29, 0.717) is 11.3 Å². The maximum Gasteiger partial charge on any atom is 0.226 e. The van der Waals surface area contributed by atoms with Gasteiger partial charge in [0.15, 0.2) is 0 Å². The summed E-state index contributed by atoms with van der Waals surface area (Å²) in [4.78, 5) is 11.6. The smallest absolute Gasteiger partial charge is 0.226 e. The summed E-state index contributed by atoms with van der Waals surface area (Å²) in [6, 6.07) is 4.52. The third kappa shape index (κ3) is 3.82. The summed E-state index contributed by atoms with van der Waals surface area (Å²) >= 11 is 0. The summed E-state index contributed by atoms with van der Waals surface area (Å²) in [7, 11) is 0. The summed E-state index contributed by atoms with van der Waals surface area (Å²) in [5, 5.41) is 12.2. The average Bonchev–Trinajstić information content (AvgIpc) is 2.24. The number of carbonyl (C=O) groups is 1. The van der Waals surface area contributed by atoms with Gasteiger partial charge in [-0.15, -0.1) is 0 Å². The van der Waals surface area contributed by atoms with Crippen molar-refractivity contribution in [1.82, 2.24) is 0 Å². The lowest BCUT2D eigenvalue weighted by Gasteiger charge is -2.14. The van der Waals surface area contributed by atoms with Gasteiger partial charge >= 0.3 is 0 Å². The van der Waals surface area contributed by atoms with Crippen LogP contribution >= 0.6 is 0 Å². The highest BCUT2D eigenvalue weighted by Crippen LogP contribution is 2.18. The zero-order valence-corrected chi connectivity index (χ0v) is 10.3. The molecule has 1 atom stereocenters. The molecule has 0 aliphatic carbocycles. The van der Waals surface area contributed by atoms with Crippen molar-refractivity contribution in [2.45, 2.75) is 33.3 Å². The Morgan fingerprint density at radius 3 is 2.71 bits per heavy atom. The molecule has 0 heterocycles. The van der Waals surface area contributed by atoms with Crippen LogP contribution in [0.5, 0.6) is 0 Å². The Labute approximate surface area is 101 Å². The number of aliphatic hydroxyl groups is 1. The standard InChI is InChI=1S/C13H18FNO2/c1-8(2)12(16)7-13(17)15-11-6-4-5-10(14)9(11)3/h4-6,8,12,16H,7H2,1-3H3,(H,15,17). The van der Waals surface area contributed by atoms with Crippen molar-refractivity contribution in [2.75, 3.05) is 5.32 Å². The van der Waals surface area contributed by atoms with Crippen molar-refractivity contribution >= 4 is 11.6 Å². The summed E-state index contributed by atoms with van der Waals surface area (Å²) in [5.41, 5.74) is 0.853. The molecule has 0 radical (unpaired) electrons. The zero-order valence-electron chi connectivity index (χ0n) is 10.3. The van der Waals surface area contributed by atoms with E-state index in [0.717, 1.165) is 0 Å². The first-order valence-electron chi connectivity index (χ1n) is 5.65. The molecule has 0 aliphatic heterocycles. The molecule has 0 bridgehead atoms. The van der Waals surface area contributed by atoms with Crippen LogP contribution in [0, 0.1) is 18.7 Å². The second-order valence-electron chi connectivity index (χ2n) is 4.48. The molecule has 0 aromatic heterocycles. The predicted octanol–water partition coefficient (Wildman–Crippen LogP) is 2.48. The van der Waals surface area contributed by atoms with E-state index >= 15 is 0 Å². The van der Waals surface area contributed by atoms with Gasteiger partial charge in [0.05, 0.1) is 12.5 Å². The molecule has 1 amide bonds. The third-order valence-corrected chi connectivity index (χ3v) is 2.71. The molecule has 0 fully saturated rings. The van der Waals surface area contributed by atoms with Gasteiger partial charge in [-0.3, -0.25) is 4.79 Å². The van der Waals surface area contributed by atoms with Gasteiger partial charge in [0.1, 0.15) is 5.82 Å². The van der Waals surface area contributed by atoms with Crippen LogP contribution in [0.4, 0.5) is 10.1 Å². The number of benzene rings is 1. The van der Waals surface area contributed by atoms with E-state index < -0.39 is 6.10 Å². The number of nitrogens with one attached hydrogen (secondary N) is 1. The Morgan fingerprint density at radius 1 is 1.47 bits per heavy atom. The van der Waals surface area contributed by atoms with Gasteiger partial charge in [0.2, 0.25) is 5.91 Å². The van der Waals surface area contributed by atoms with Crippen LogP contribution in [0.15, 0.2) is 18.2 Å². The number of halogens is 1. The molecule has 3 nitrogen and oxygen atoms in total. The Bertz CT molecular complexity index is 404. The maximum absolute atomic E-state index is 13.2. The summed E-state index contributed by atoms with van der Waals surface area (Å²) in [6.07, 6.45) is -0.656. The van der Waals surface area contributed by atoms with E-state index in [1.807, 2.05) is 13.8 Å². The minimum atomic E-state index is -0.677. The normalized spacial score (nSPS) is 12.6. The summed E-state index contributed by atoms with van der Waals surface area (Å²) in [6.45, 7) is 5.28. The van der Waals surface area contributed by atoms with Gasteiger partial charge in [-0.25, -0.2) is 4.39 Å². The average molecular weight is 239 g/mol. The maximum atomic E-state index is 13.2. The van der Waals surface area contributed by atoms with E-state index in [-0.39, 0.29) is 24.1 Å². The molecule has 0 saturated carbocycles. The Balaban J connectivity index is 2.66. The van der Waals surface area contributed by atoms with Crippen molar-refractivity contribution in [3.63, 3.8) is 0 Å². The van der Waals surface area contributed by atoms with Crippen molar-refractivity contribution in [1.29, 1.82) is 0 Å². The first kappa shape index (κ1) is 13.6. The van der Waals surface area contributed by atoms with Crippen LogP contribution in [-0.4, -0.2) is 17.1 Å². The van der Waals surface area contributed by atoms with E-state index in [2.05, 4.69) is 5.32 Å². The van der Waals surface area contributed by atoms with Crippen LogP contribution in [-0.2, 0) is 4.79 Å². The molecule has 17 heavy (non-hydrogen) atoms. The van der Waals surface area contributed by atoms with Gasteiger partial charge in [-0.05, 0) is 25.0 Å². The highest BCUT2D eigenvalue weighted by atomic mass is 19.1. The molecule has 4 heteroatoms. The predicted molar refractivity (Wildman–Crippen MR) is 65.2 cm³/mol. The fraction of sp³-hybridized carbons (Fsp3) is 0.462. The molecule has 1 aromatic rings. The molecule has 94 valence electrons. The fourth-order valence-electron chi connectivity index (χ4n) is 1.37. The van der Waals surface area contributed by atoms with Gasteiger partial charge < -0.3 is 10.4 Å². The fourth-order valence-corrected chi connectivity index (χ4v) is 1.37. The lowest BCUT2D eigenvalue weighted by Crippen LogP contribution is -2.24. The van der Waals surface area contributed by atoms with Crippen molar-refractivity contribution < 1.29 is 14.3 Å². The monoisotopic (exact) mass is 239 g/mol. The Morgan fingerprint density at radius 2 is 2.12 bits per heavy atom. The number of amides is 1. The first-order valence-corrected chi connectivity index (χ1v) is 5.65. The van der Waals surface area contributed by atoms with Gasteiger partial charge in [0, 0.05) is 11.3 Å². The van der Waals surface area contributed by atoms with Crippen molar-refractivity contribution in [3.05, 3.63) is 29.6 Å². The van der Waals surface area contributed by atoms with Crippen LogP contribution < -0.4 is 5.32 Å². The molecular formula is C13H18FNO2. The Hall–Kier alpha value is -1.42. The van der Waals surface area contributed by atoms with Crippen LogP contribution in [0.1, 0.15) is 25.8 Å². The van der Waals surface area contributed by atoms with Crippen molar-refractivity contribution in [3.8, 4) is 0 Å². The van der Waals surface area contributed by atoms with Gasteiger partial charge in [-0.1, -0.05) is 19.9 Å². The summed E-state index contributed by atoms with van der Waals surface area (Å²) < 4.78 is 13.2. The molecule has 0 aliphatic rings. The minimum absolute atomic E-state index is 0.0214. The highest BCUT2D eigenvalue weighted by Gasteiger charge is 2.15. The quantitative estimate of drug-likeness (QED) is 0.848. The van der Waals surface area contributed by atoms with E-state index in [1.165, 1.54) is 12.1 Å². The second-order valence-corrected chi connectivity index (χ2v) is 4.48. The number of rotatable bonds is 4. The van der Waals surface area contributed by atoms with E-state index in [1.54, 1.807) is 13.0 Å². The number of hydrogen-bond acceptors (Lipinski definition) is 2. The van der Waals surface area contributed by atoms with E-state index in [9.17, 15) is 14.3 Å². The van der Waals surface area contributed by atoms with Crippen LogP contribution in [0.25, 0.3) is 0 Å². The summed E-state index contributed by atoms with van der Waals surface area (Å²) in [5.74, 6) is -0.638. The number of hydrogen-bond donors (Lipinski definition) is 2. The zero-order chi connectivity index (χ0) is 13.0. The molecule has 2 N–H and O–H groups in total. The topological polar surface area (TPSA) is 49.3 Å². The first-order chi connectivity index (χ1) is 7.91. The lowest BCUT2D eigenvalue weighted by molar-refractivity contribution is -0.118. The largest absolute Gasteiger partial charge is 0.392 e. The molecule has 1 rings (SSSR count). The minimum Gasteiger partial charge on any atom is -0.392 e. The Kier molecular flexibility index (Phi) is 4.63. The van der Waals surface area contributed by atoms with E-state index in [4.69, 9.17) is 0 Å². The van der Waals surface area contributed by atoms with Crippen LogP contribution in [0.2, 0.25) is 0 Å². The van der Waals surface area contributed by atoms with Crippen LogP contribution in [0.3, 0.4) is 0 Å². The number of aliphatic hydroxyl groups excluding tert-OH is 1. The number of carbonyl (C=O) groups excluding carboxylic acids is 1. The lowest BCUT2D eigenvalue weighted by atomic mass is 10.0. The third-order valence-electron chi connectivity index (χ3n) is 2.71.